The third kappa shape index (κ3) is 5.64. The third-order valence-electron chi connectivity index (χ3n) is 5.56. The average Bonchev–Trinajstić information content (AvgIpc) is 2.84. The number of carbonyl (C=O) groups is 2. The second kappa shape index (κ2) is 11.2. The Balaban J connectivity index is 1.86. The number of hydrogen-bond acceptors (Lipinski definition) is 6. The topological polar surface area (TPSA) is 111 Å². The fourth-order valence-electron chi connectivity index (χ4n) is 3.71. The van der Waals surface area contributed by atoms with Crippen LogP contribution in [0.4, 0.5) is 11.4 Å². The van der Waals surface area contributed by atoms with Crippen LogP contribution in [0.2, 0.25) is 0 Å². The Labute approximate surface area is 198 Å². The molecule has 0 saturated carbocycles. The quantitative estimate of drug-likeness (QED) is 0.257. The van der Waals surface area contributed by atoms with E-state index in [9.17, 15) is 19.7 Å². The molecular weight excluding hydrogens is 434 g/mol. The molecule has 0 aliphatic heterocycles. The molecule has 0 atom stereocenters. The number of unbranched alkanes of at least 4 members (excludes halogenated alkanes) is 1. The van der Waals surface area contributed by atoms with Gasteiger partial charge in [0.2, 0.25) is 5.91 Å². The lowest BCUT2D eigenvalue weighted by Crippen LogP contribution is -2.14. The van der Waals surface area contributed by atoms with Crippen LogP contribution < -0.4 is 5.32 Å². The zero-order valence-corrected chi connectivity index (χ0v) is 19.5. The van der Waals surface area contributed by atoms with Crippen LogP contribution in [-0.2, 0) is 16.0 Å². The van der Waals surface area contributed by atoms with Gasteiger partial charge in [-0.05, 0) is 36.1 Å². The molecular formula is C26H27N3O5. The molecule has 0 radical (unpaired) electrons. The normalized spacial score (nSPS) is 10.6. The number of rotatable bonds is 9. The maximum absolute atomic E-state index is 12.1. The lowest BCUT2D eigenvalue weighted by atomic mass is 9.97. The number of anilines is 1. The van der Waals surface area contributed by atoms with Gasteiger partial charge in [-0.1, -0.05) is 55.8 Å². The molecule has 8 nitrogen and oxygen atoms in total. The van der Waals surface area contributed by atoms with E-state index in [2.05, 4.69) is 10.3 Å². The van der Waals surface area contributed by atoms with E-state index in [1.165, 1.54) is 13.3 Å². The molecule has 0 aliphatic rings. The summed E-state index contributed by atoms with van der Waals surface area (Å²) < 4.78 is 4.86. The van der Waals surface area contributed by atoms with E-state index in [0.29, 0.717) is 28.9 Å². The molecule has 0 saturated heterocycles. The summed E-state index contributed by atoms with van der Waals surface area (Å²) in [6.07, 6.45) is 3.72. The van der Waals surface area contributed by atoms with Crippen molar-refractivity contribution in [2.24, 2.45) is 0 Å². The molecule has 176 valence electrons. The largest absolute Gasteiger partial charge is 0.465 e. The summed E-state index contributed by atoms with van der Waals surface area (Å²) in [7, 11) is 1.34. The fourth-order valence-corrected chi connectivity index (χ4v) is 3.71. The van der Waals surface area contributed by atoms with Crippen molar-refractivity contribution in [2.45, 2.75) is 39.5 Å². The van der Waals surface area contributed by atoms with Crippen LogP contribution in [-0.4, -0.2) is 28.9 Å². The Morgan fingerprint density at radius 1 is 1.12 bits per heavy atom. The van der Waals surface area contributed by atoms with Crippen molar-refractivity contribution in [3.63, 3.8) is 0 Å². The second-order valence-corrected chi connectivity index (χ2v) is 7.91. The standard InChI is InChI=1S/C26H27N3O5/c1-4-5-10-24(30)28-23-16-27-22(25(17(23)2)29(32)33)15-18-11-13-19(14-12-18)20-8-6-7-9-21(20)26(31)34-3/h6-9,11-14,16H,4-5,10,15H2,1-3H3,(H,28,30). The minimum Gasteiger partial charge on any atom is -0.465 e. The van der Waals surface area contributed by atoms with E-state index >= 15 is 0 Å². The Kier molecular flexibility index (Phi) is 8.08. The molecule has 3 aromatic rings. The first kappa shape index (κ1) is 24.6. The summed E-state index contributed by atoms with van der Waals surface area (Å²) in [5.74, 6) is -0.603. The summed E-state index contributed by atoms with van der Waals surface area (Å²) in [6.45, 7) is 3.61. The SMILES string of the molecule is CCCCC(=O)Nc1cnc(Cc2ccc(-c3ccccc3C(=O)OC)cc2)c([N+](=O)[O-])c1C. The number of aromatic nitrogens is 1. The molecule has 1 N–H and O–H groups in total. The highest BCUT2D eigenvalue weighted by Gasteiger charge is 2.23. The first-order valence-electron chi connectivity index (χ1n) is 11.0. The van der Waals surface area contributed by atoms with Crippen molar-refractivity contribution in [2.75, 3.05) is 12.4 Å². The number of methoxy groups -OCH3 is 1. The zero-order chi connectivity index (χ0) is 24.7. The summed E-state index contributed by atoms with van der Waals surface area (Å²) in [5.41, 5.74) is 3.80. The highest BCUT2D eigenvalue weighted by Crippen LogP contribution is 2.30. The van der Waals surface area contributed by atoms with Gasteiger partial charge in [0.15, 0.2) is 0 Å². The minimum absolute atomic E-state index is 0.103. The van der Waals surface area contributed by atoms with Gasteiger partial charge in [0.05, 0.1) is 35.0 Å². The number of carbonyl (C=O) groups excluding carboxylic acids is 2. The molecule has 0 unspecified atom stereocenters. The fraction of sp³-hybridized carbons (Fsp3) is 0.269. The molecule has 1 heterocycles. The van der Waals surface area contributed by atoms with Gasteiger partial charge in [-0.25, -0.2) is 4.79 Å². The van der Waals surface area contributed by atoms with Gasteiger partial charge in [0.25, 0.3) is 5.69 Å². The van der Waals surface area contributed by atoms with Gasteiger partial charge in [0.1, 0.15) is 5.69 Å². The minimum atomic E-state index is -0.458. The number of ether oxygens (including phenoxy) is 1. The molecule has 0 bridgehead atoms. The highest BCUT2D eigenvalue weighted by molar-refractivity contribution is 5.97. The number of esters is 1. The van der Waals surface area contributed by atoms with Gasteiger partial charge in [0, 0.05) is 12.8 Å². The first-order valence-corrected chi connectivity index (χ1v) is 11.0. The Morgan fingerprint density at radius 2 is 1.82 bits per heavy atom. The third-order valence-corrected chi connectivity index (χ3v) is 5.56. The van der Waals surface area contributed by atoms with E-state index in [4.69, 9.17) is 4.74 Å². The van der Waals surface area contributed by atoms with E-state index in [0.717, 1.165) is 29.5 Å². The van der Waals surface area contributed by atoms with E-state index < -0.39 is 10.9 Å². The molecule has 0 fully saturated rings. The smallest absolute Gasteiger partial charge is 0.338 e. The zero-order valence-electron chi connectivity index (χ0n) is 19.5. The summed E-state index contributed by atoms with van der Waals surface area (Å²) in [6, 6.07) is 14.6. The van der Waals surface area contributed by atoms with Crippen molar-refractivity contribution in [1.29, 1.82) is 0 Å². The van der Waals surface area contributed by atoms with Gasteiger partial charge >= 0.3 is 5.97 Å². The van der Waals surface area contributed by atoms with Gasteiger partial charge < -0.3 is 10.1 Å². The Morgan fingerprint density at radius 3 is 2.47 bits per heavy atom. The molecule has 34 heavy (non-hydrogen) atoms. The van der Waals surface area contributed by atoms with E-state index in [1.807, 2.05) is 43.3 Å². The summed E-state index contributed by atoms with van der Waals surface area (Å²) >= 11 is 0. The van der Waals surface area contributed by atoms with Gasteiger partial charge in [-0.15, -0.1) is 0 Å². The molecule has 2 aromatic carbocycles. The van der Waals surface area contributed by atoms with E-state index in [1.54, 1.807) is 19.1 Å². The summed E-state index contributed by atoms with van der Waals surface area (Å²) in [4.78, 5) is 39.8. The van der Waals surface area contributed by atoms with Crippen molar-refractivity contribution < 1.29 is 19.2 Å². The number of nitrogens with zero attached hydrogens (tertiary/aromatic N) is 2. The monoisotopic (exact) mass is 461 g/mol. The van der Waals surface area contributed by atoms with Crippen molar-refractivity contribution in [3.05, 3.63) is 87.2 Å². The lowest BCUT2D eigenvalue weighted by molar-refractivity contribution is -0.386. The van der Waals surface area contributed by atoms with Crippen LogP contribution in [0.3, 0.4) is 0 Å². The first-order chi connectivity index (χ1) is 16.3. The van der Waals surface area contributed by atoms with Crippen LogP contribution in [0, 0.1) is 17.0 Å². The number of pyridine rings is 1. The number of nitrogens with one attached hydrogen (secondary N) is 1. The van der Waals surface area contributed by atoms with Gasteiger partial charge in [-0.2, -0.15) is 0 Å². The molecule has 1 aromatic heterocycles. The van der Waals surface area contributed by atoms with Crippen LogP contribution in [0.15, 0.2) is 54.7 Å². The second-order valence-electron chi connectivity index (χ2n) is 7.91. The van der Waals surface area contributed by atoms with Crippen LogP contribution in [0.1, 0.15) is 53.4 Å². The van der Waals surface area contributed by atoms with Gasteiger partial charge in [-0.3, -0.25) is 19.9 Å². The number of benzene rings is 2. The molecule has 0 aliphatic carbocycles. The maximum atomic E-state index is 12.1. The van der Waals surface area contributed by atoms with Crippen LogP contribution >= 0.6 is 0 Å². The maximum Gasteiger partial charge on any atom is 0.338 e. The van der Waals surface area contributed by atoms with Crippen LogP contribution in [0.25, 0.3) is 11.1 Å². The highest BCUT2D eigenvalue weighted by atomic mass is 16.6. The molecule has 0 spiro atoms. The van der Waals surface area contributed by atoms with Crippen molar-refractivity contribution in [3.8, 4) is 11.1 Å². The summed E-state index contributed by atoms with van der Waals surface area (Å²) in [5, 5.41) is 14.6. The Hall–Kier alpha value is -4.07. The predicted octanol–water partition coefficient (Wildman–Crippen LogP) is 5.47. The molecule has 3 rings (SSSR count). The van der Waals surface area contributed by atoms with E-state index in [-0.39, 0.29) is 18.0 Å². The molecule has 8 heteroatoms. The van der Waals surface area contributed by atoms with Crippen LogP contribution in [0.5, 0.6) is 0 Å². The average molecular weight is 462 g/mol. The number of hydrogen-bond donors (Lipinski definition) is 1. The van der Waals surface area contributed by atoms with Crippen molar-refractivity contribution in [1.82, 2.24) is 4.98 Å². The lowest BCUT2D eigenvalue weighted by Gasteiger charge is -2.12. The van der Waals surface area contributed by atoms with Crippen molar-refractivity contribution >= 4 is 23.3 Å². The number of nitro groups is 1. The number of amides is 1. The molecule has 1 amide bonds. The Bertz CT molecular complexity index is 1210. The predicted molar refractivity (Wildman–Crippen MR) is 130 cm³/mol.